The summed E-state index contributed by atoms with van der Waals surface area (Å²) in [7, 11) is 0. The van der Waals surface area contributed by atoms with Crippen molar-refractivity contribution < 1.29 is 14.1 Å². The molecule has 1 aliphatic rings. The van der Waals surface area contributed by atoms with E-state index in [1.165, 1.54) is 4.88 Å². The number of amides is 2. The largest absolute Gasteiger partial charge is 0.361 e. The van der Waals surface area contributed by atoms with Gasteiger partial charge in [-0.1, -0.05) is 5.16 Å². The Balaban J connectivity index is 1.60. The predicted molar refractivity (Wildman–Crippen MR) is 108 cm³/mol. The van der Waals surface area contributed by atoms with Crippen molar-refractivity contribution in [3.8, 4) is 0 Å². The monoisotopic (exact) mass is 404 g/mol. The van der Waals surface area contributed by atoms with E-state index in [0.717, 1.165) is 48.6 Å². The average molecular weight is 405 g/mol. The van der Waals surface area contributed by atoms with Crippen molar-refractivity contribution in [2.45, 2.75) is 59.7 Å². The van der Waals surface area contributed by atoms with E-state index in [2.05, 4.69) is 20.7 Å². The van der Waals surface area contributed by atoms with E-state index >= 15 is 0 Å². The van der Waals surface area contributed by atoms with E-state index in [-0.39, 0.29) is 23.9 Å². The highest BCUT2D eigenvalue weighted by Crippen LogP contribution is 2.30. The third kappa shape index (κ3) is 4.80. The van der Waals surface area contributed by atoms with Gasteiger partial charge < -0.3 is 15.2 Å². The van der Waals surface area contributed by atoms with Crippen LogP contribution in [0.4, 0.5) is 0 Å². The van der Waals surface area contributed by atoms with E-state index in [1.54, 1.807) is 11.3 Å². The second kappa shape index (κ2) is 8.05. The first kappa shape index (κ1) is 20.5. The van der Waals surface area contributed by atoms with E-state index in [1.807, 2.05) is 40.0 Å². The Labute approximate surface area is 169 Å². The number of fused-ring (bicyclic) bond motifs is 1. The maximum Gasteiger partial charge on any atom is 0.252 e. The van der Waals surface area contributed by atoms with E-state index in [9.17, 15) is 9.59 Å². The quantitative estimate of drug-likeness (QED) is 0.800. The lowest BCUT2D eigenvalue weighted by atomic mass is 10.0. The summed E-state index contributed by atoms with van der Waals surface area (Å²) in [6.07, 6.45) is 0.819. The highest BCUT2D eigenvalue weighted by Gasteiger charge is 2.25. The van der Waals surface area contributed by atoms with Gasteiger partial charge in [-0.15, -0.1) is 11.3 Å². The van der Waals surface area contributed by atoms with Gasteiger partial charge in [-0.3, -0.25) is 14.5 Å². The molecule has 28 heavy (non-hydrogen) atoms. The minimum absolute atomic E-state index is 0.0150. The molecule has 0 unspecified atom stereocenters. The van der Waals surface area contributed by atoms with Crippen LogP contribution in [-0.2, 0) is 24.3 Å². The van der Waals surface area contributed by atoms with Gasteiger partial charge in [-0.05, 0) is 46.6 Å². The maximum absolute atomic E-state index is 12.6. The van der Waals surface area contributed by atoms with E-state index < -0.39 is 0 Å². The smallest absolute Gasteiger partial charge is 0.252 e. The van der Waals surface area contributed by atoms with Gasteiger partial charge in [0, 0.05) is 41.0 Å². The molecule has 0 fully saturated rings. The second-order valence-corrected chi connectivity index (χ2v) is 9.26. The molecular weight excluding hydrogens is 376 g/mol. The number of aryl methyl sites for hydroxylation is 2. The first-order valence-corrected chi connectivity index (χ1v) is 10.3. The fraction of sp³-hybridized carbons (Fsp3) is 0.550. The van der Waals surface area contributed by atoms with Crippen LogP contribution in [0.3, 0.4) is 0 Å². The first-order valence-electron chi connectivity index (χ1n) is 9.46. The van der Waals surface area contributed by atoms with E-state index in [0.29, 0.717) is 5.56 Å². The van der Waals surface area contributed by atoms with Crippen LogP contribution < -0.4 is 10.6 Å². The zero-order valence-corrected chi connectivity index (χ0v) is 18.0. The zero-order valence-electron chi connectivity index (χ0n) is 17.1. The minimum atomic E-state index is -0.311. The van der Waals surface area contributed by atoms with E-state index in [4.69, 9.17) is 4.52 Å². The molecule has 0 aromatic carbocycles. The lowest BCUT2D eigenvalue weighted by molar-refractivity contribution is -0.121. The topological polar surface area (TPSA) is 87.5 Å². The predicted octanol–water partition coefficient (Wildman–Crippen LogP) is 2.56. The van der Waals surface area contributed by atoms with Gasteiger partial charge in [-0.2, -0.15) is 0 Å². The summed E-state index contributed by atoms with van der Waals surface area (Å²) >= 11 is 1.61. The van der Waals surface area contributed by atoms with Crippen LogP contribution in [-0.4, -0.2) is 40.5 Å². The summed E-state index contributed by atoms with van der Waals surface area (Å²) < 4.78 is 5.26. The number of carbonyl (C=O) groups is 2. The summed E-state index contributed by atoms with van der Waals surface area (Å²) in [6, 6.07) is 0. The standard InChI is InChI=1S/C20H28N4O3S/c1-12-15(13(2)27-23-12)9-24-7-6-14-16(11-28-17(14)10-24)19(26)21-8-18(25)22-20(3,4)5/h11H,6-10H2,1-5H3,(H,21,26)(H,22,25). The normalized spacial score (nSPS) is 14.6. The van der Waals surface area contributed by atoms with Crippen LogP contribution in [0.15, 0.2) is 9.90 Å². The Morgan fingerprint density at radius 3 is 2.71 bits per heavy atom. The zero-order chi connectivity index (χ0) is 20.5. The molecule has 2 aromatic rings. The highest BCUT2D eigenvalue weighted by atomic mass is 32.1. The molecule has 7 nitrogen and oxygen atoms in total. The molecule has 0 saturated carbocycles. The molecular formula is C20H28N4O3S. The van der Waals surface area contributed by atoms with Gasteiger partial charge in [-0.25, -0.2) is 0 Å². The third-order valence-corrected chi connectivity index (χ3v) is 5.77. The molecule has 0 radical (unpaired) electrons. The van der Waals surface area contributed by atoms with Crippen LogP contribution in [0.5, 0.6) is 0 Å². The fourth-order valence-corrected chi connectivity index (χ4v) is 4.50. The number of hydrogen-bond acceptors (Lipinski definition) is 6. The van der Waals surface area contributed by atoms with Crippen molar-refractivity contribution in [2.75, 3.05) is 13.1 Å². The van der Waals surface area contributed by atoms with Crippen molar-refractivity contribution in [3.05, 3.63) is 38.4 Å². The van der Waals surface area contributed by atoms with Crippen LogP contribution in [0.1, 0.15) is 58.6 Å². The van der Waals surface area contributed by atoms with Crippen LogP contribution in [0, 0.1) is 13.8 Å². The maximum atomic E-state index is 12.6. The molecule has 0 spiro atoms. The lowest BCUT2D eigenvalue weighted by Gasteiger charge is -2.27. The molecule has 1 aliphatic heterocycles. The SMILES string of the molecule is Cc1noc(C)c1CN1CCc2c(C(=O)NCC(=O)NC(C)(C)C)csc2C1. The molecule has 3 rings (SSSR count). The number of carbonyl (C=O) groups excluding carboxylic acids is 2. The lowest BCUT2D eigenvalue weighted by Crippen LogP contribution is -2.45. The molecule has 2 aromatic heterocycles. The van der Waals surface area contributed by atoms with Crippen molar-refractivity contribution in [1.29, 1.82) is 0 Å². The summed E-state index contributed by atoms with van der Waals surface area (Å²) in [4.78, 5) is 28.0. The van der Waals surface area contributed by atoms with Gasteiger partial charge in [0.15, 0.2) is 0 Å². The molecule has 2 N–H and O–H groups in total. The third-order valence-electron chi connectivity index (χ3n) is 4.76. The number of nitrogens with zero attached hydrogens (tertiary/aromatic N) is 2. The van der Waals surface area contributed by atoms with Crippen LogP contribution >= 0.6 is 11.3 Å². The molecule has 3 heterocycles. The average Bonchev–Trinajstić information content (AvgIpc) is 3.16. The Morgan fingerprint density at radius 2 is 2.07 bits per heavy atom. The number of nitrogens with one attached hydrogen (secondary N) is 2. The van der Waals surface area contributed by atoms with Gasteiger partial charge in [0.1, 0.15) is 5.76 Å². The van der Waals surface area contributed by atoms with Gasteiger partial charge in [0.2, 0.25) is 5.91 Å². The summed E-state index contributed by atoms with van der Waals surface area (Å²) in [5, 5.41) is 11.5. The molecule has 8 heteroatoms. The van der Waals surface area contributed by atoms with Crippen LogP contribution in [0.2, 0.25) is 0 Å². The molecule has 2 amide bonds. The molecule has 0 bridgehead atoms. The number of aromatic nitrogens is 1. The Kier molecular flexibility index (Phi) is 5.90. The Morgan fingerprint density at radius 1 is 1.32 bits per heavy atom. The Bertz CT molecular complexity index is 859. The molecule has 152 valence electrons. The van der Waals surface area contributed by atoms with Crippen molar-refractivity contribution in [1.82, 2.24) is 20.7 Å². The summed E-state index contributed by atoms with van der Waals surface area (Å²) in [6.45, 7) is 12.1. The number of hydrogen-bond donors (Lipinski definition) is 2. The molecule has 0 aliphatic carbocycles. The molecule has 0 saturated heterocycles. The van der Waals surface area contributed by atoms with Crippen molar-refractivity contribution >= 4 is 23.2 Å². The molecule has 0 atom stereocenters. The van der Waals surface area contributed by atoms with Crippen LogP contribution in [0.25, 0.3) is 0 Å². The van der Waals surface area contributed by atoms with Gasteiger partial charge >= 0.3 is 0 Å². The second-order valence-electron chi connectivity index (χ2n) is 8.30. The minimum Gasteiger partial charge on any atom is -0.361 e. The van der Waals surface area contributed by atoms with Gasteiger partial charge in [0.25, 0.3) is 5.91 Å². The van der Waals surface area contributed by atoms with Gasteiger partial charge in [0.05, 0.1) is 17.8 Å². The van der Waals surface area contributed by atoms with Crippen molar-refractivity contribution in [2.24, 2.45) is 0 Å². The fourth-order valence-electron chi connectivity index (χ4n) is 3.38. The Hall–Kier alpha value is -2.19. The summed E-state index contributed by atoms with van der Waals surface area (Å²) in [5.74, 6) is 0.499. The number of rotatable bonds is 5. The number of thiophene rings is 1. The van der Waals surface area contributed by atoms with Crippen molar-refractivity contribution in [3.63, 3.8) is 0 Å². The highest BCUT2D eigenvalue weighted by molar-refractivity contribution is 7.10. The first-order chi connectivity index (χ1) is 13.1. The summed E-state index contributed by atoms with van der Waals surface area (Å²) in [5.41, 5.74) is 3.56.